The zero-order valence-corrected chi connectivity index (χ0v) is 11.7. The van der Waals surface area contributed by atoms with Gasteiger partial charge >= 0.3 is 0 Å². The number of thioether (sulfide) groups is 1. The van der Waals surface area contributed by atoms with E-state index in [1.807, 2.05) is 28.8 Å². The van der Waals surface area contributed by atoms with Gasteiger partial charge in [0.25, 0.3) is 0 Å². The summed E-state index contributed by atoms with van der Waals surface area (Å²) in [6.45, 7) is 0.533. The normalized spacial score (nSPS) is 10.4. The Kier molecular flexibility index (Phi) is 4.86. The highest BCUT2D eigenvalue weighted by atomic mass is 35.5. The molecule has 0 unspecified atom stereocenters. The van der Waals surface area contributed by atoms with Crippen molar-refractivity contribution in [2.75, 3.05) is 5.75 Å². The summed E-state index contributed by atoms with van der Waals surface area (Å²) in [4.78, 5) is 4.28. The average molecular weight is 294 g/mol. The van der Waals surface area contributed by atoms with Gasteiger partial charge in [0.2, 0.25) is 0 Å². The first-order valence-electron chi connectivity index (χ1n) is 5.64. The van der Waals surface area contributed by atoms with Gasteiger partial charge in [-0.05, 0) is 17.7 Å². The van der Waals surface area contributed by atoms with Gasteiger partial charge in [-0.2, -0.15) is 5.26 Å². The number of nitriles is 1. The third kappa shape index (κ3) is 3.74. The van der Waals surface area contributed by atoms with E-state index in [9.17, 15) is 0 Å². The van der Waals surface area contributed by atoms with Crippen molar-refractivity contribution in [2.45, 2.75) is 18.3 Å². The molecule has 0 aliphatic heterocycles. The minimum Gasteiger partial charge on any atom is -0.390 e. The molecule has 2 rings (SSSR count). The molecule has 2 aromatic rings. The summed E-state index contributed by atoms with van der Waals surface area (Å²) < 4.78 is 1.93. The number of hydrogen-bond acceptors (Lipinski definition) is 4. The average Bonchev–Trinajstić information content (AvgIpc) is 2.81. The largest absolute Gasteiger partial charge is 0.390 e. The molecule has 0 aliphatic rings. The SMILES string of the molecule is N#CCSc1nc(CO)cn1Cc1ccc(Cl)cc1. The van der Waals surface area contributed by atoms with Gasteiger partial charge in [-0.1, -0.05) is 35.5 Å². The molecule has 0 aliphatic carbocycles. The predicted octanol–water partition coefficient (Wildman–Crippen LogP) is 2.69. The van der Waals surface area contributed by atoms with Crippen molar-refractivity contribution in [2.24, 2.45) is 0 Å². The zero-order chi connectivity index (χ0) is 13.7. The number of benzene rings is 1. The molecule has 98 valence electrons. The lowest BCUT2D eigenvalue weighted by Gasteiger charge is -2.06. The number of imidazole rings is 1. The van der Waals surface area contributed by atoms with Crippen molar-refractivity contribution >= 4 is 23.4 Å². The topological polar surface area (TPSA) is 61.8 Å². The maximum absolute atomic E-state index is 9.14. The molecule has 6 heteroatoms. The van der Waals surface area contributed by atoms with E-state index < -0.39 is 0 Å². The number of aliphatic hydroxyl groups excluding tert-OH is 1. The minimum absolute atomic E-state index is 0.103. The molecule has 0 saturated heterocycles. The molecule has 0 bridgehead atoms. The number of rotatable bonds is 5. The van der Waals surface area contributed by atoms with Crippen molar-refractivity contribution in [3.05, 3.63) is 46.7 Å². The molecule has 1 N–H and O–H groups in total. The van der Waals surface area contributed by atoms with E-state index >= 15 is 0 Å². The molecule has 0 radical (unpaired) electrons. The standard InChI is InChI=1S/C13H12ClN3OS/c14-11-3-1-10(2-4-11)7-17-8-12(9-18)16-13(17)19-6-5-15/h1-4,8,18H,6-7,9H2. The summed E-state index contributed by atoms with van der Waals surface area (Å²) >= 11 is 7.21. The number of aliphatic hydroxyl groups is 1. The van der Waals surface area contributed by atoms with Gasteiger partial charge < -0.3 is 9.67 Å². The van der Waals surface area contributed by atoms with Crippen LogP contribution in [0.3, 0.4) is 0 Å². The fourth-order valence-corrected chi connectivity index (χ4v) is 2.42. The van der Waals surface area contributed by atoms with Crippen LogP contribution in [0, 0.1) is 11.3 Å². The first-order valence-corrected chi connectivity index (χ1v) is 7.00. The fraction of sp³-hybridized carbons (Fsp3) is 0.231. The maximum Gasteiger partial charge on any atom is 0.169 e. The van der Waals surface area contributed by atoms with Crippen LogP contribution in [-0.2, 0) is 13.2 Å². The maximum atomic E-state index is 9.14. The Balaban J connectivity index is 2.20. The van der Waals surface area contributed by atoms with Gasteiger partial charge in [0.15, 0.2) is 5.16 Å². The first kappa shape index (κ1) is 13.9. The van der Waals surface area contributed by atoms with Crippen LogP contribution in [0.2, 0.25) is 5.02 Å². The van der Waals surface area contributed by atoms with Gasteiger partial charge in [-0.3, -0.25) is 0 Å². The predicted molar refractivity (Wildman–Crippen MR) is 75.0 cm³/mol. The summed E-state index contributed by atoms with van der Waals surface area (Å²) in [6.07, 6.45) is 1.80. The molecule has 4 nitrogen and oxygen atoms in total. The first-order chi connectivity index (χ1) is 9.22. The zero-order valence-electron chi connectivity index (χ0n) is 10.1. The van der Waals surface area contributed by atoms with E-state index in [4.69, 9.17) is 22.0 Å². The Morgan fingerprint density at radius 1 is 1.37 bits per heavy atom. The summed E-state index contributed by atoms with van der Waals surface area (Å²) in [7, 11) is 0. The lowest BCUT2D eigenvalue weighted by Crippen LogP contribution is -2.00. The number of nitrogens with zero attached hydrogens (tertiary/aromatic N) is 3. The molecule has 1 heterocycles. The van der Waals surface area contributed by atoms with E-state index in [0.29, 0.717) is 23.0 Å². The van der Waals surface area contributed by atoms with Gasteiger partial charge in [-0.15, -0.1) is 0 Å². The van der Waals surface area contributed by atoms with Gasteiger partial charge in [0.1, 0.15) is 0 Å². The summed E-state index contributed by atoms with van der Waals surface area (Å²) in [5, 5.41) is 19.2. The Morgan fingerprint density at radius 3 is 2.74 bits per heavy atom. The van der Waals surface area contributed by atoms with Gasteiger partial charge in [-0.25, -0.2) is 4.98 Å². The lowest BCUT2D eigenvalue weighted by molar-refractivity contribution is 0.277. The Labute approximate surface area is 120 Å². The number of hydrogen-bond donors (Lipinski definition) is 1. The van der Waals surface area contributed by atoms with E-state index in [0.717, 1.165) is 10.7 Å². The van der Waals surface area contributed by atoms with Crippen molar-refractivity contribution in [3.63, 3.8) is 0 Å². The van der Waals surface area contributed by atoms with Gasteiger partial charge in [0, 0.05) is 17.8 Å². The molecule has 0 spiro atoms. The van der Waals surface area contributed by atoms with Crippen LogP contribution in [0.4, 0.5) is 0 Å². The third-order valence-electron chi connectivity index (χ3n) is 2.48. The van der Waals surface area contributed by atoms with Crippen LogP contribution in [0.25, 0.3) is 0 Å². The molecule has 0 amide bonds. The molecule has 0 fully saturated rings. The molecule has 1 aromatic carbocycles. The van der Waals surface area contributed by atoms with E-state index in [1.54, 1.807) is 6.20 Å². The van der Waals surface area contributed by atoms with Crippen molar-refractivity contribution < 1.29 is 5.11 Å². The number of halogens is 1. The molecule has 1 aromatic heterocycles. The summed E-state index contributed by atoms with van der Waals surface area (Å²) in [5.41, 5.74) is 1.69. The van der Waals surface area contributed by atoms with Crippen LogP contribution >= 0.6 is 23.4 Å². The molecule has 0 atom stereocenters. The monoisotopic (exact) mass is 293 g/mol. The summed E-state index contributed by atoms with van der Waals surface area (Å²) in [6, 6.07) is 9.63. The quantitative estimate of drug-likeness (QED) is 0.861. The highest BCUT2D eigenvalue weighted by Gasteiger charge is 2.08. The molecule has 0 saturated carbocycles. The fourth-order valence-electron chi connectivity index (χ4n) is 1.64. The van der Waals surface area contributed by atoms with E-state index in [2.05, 4.69) is 11.1 Å². The Morgan fingerprint density at radius 2 is 2.11 bits per heavy atom. The second kappa shape index (κ2) is 6.62. The molecular formula is C13H12ClN3OS. The van der Waals surface area contributed by atoms with Crippen LogP contribution in [-0.4, -0.2) is 20.4 Å². The molecule has 19 heavy (non-hydrogen) atoms. The number of aromatic nitrogens is 2. The van der Waals surface area contributed by atoms with Crippen molar-refractivity contribution in [3.8, 4) is 6.07 Å². The molecular weight excluding hydrogens is 282 g/mol. The lowest BCUT2D eigenvalue weighted by atomic mass is 10.2. The Bertz CT molecular complexity index is 589. The van der Waals surface area contributed by atoms with Crippen LogP contribution in [0.5, 0.6) is 0 Å². The highest BCUT2D eigenvalue weighted by Crippen LogP contribution is 2.19. The van der Waals surface area contributed by atoms with Crippen molar-refractivity contribution in [1.82, 2.24) is 9.55 Å². The second-order valence-electron chi connectivity index (χ2n) is 3.87. The van der Waals surface area contributed by atoms with Crippen LogP contribution < -0.4 is 0 Å². The van der Waals surface area contributed by atoms with Crippen molar-refractivity contribution in [1.29, 1.82) is 5.26 Å². The van der Waals surface area contributed by atoms with E-state index in [-0.39, 0.29) is 6.61 Å². The minimum atomic E-state index is -0.103. The third-order valence-corrected chi connectivity index (χ3v) is 3.59. The second-order valence-corrected chi connectivity index (χ2v) is 5.25. The summed E-state index contributed by atoms with van der Waals surface area (Å²) in [5.74, 6) is 0.336. The van der Waals surface area contributed by atoms with E-state index in [1.165, 1.54) is 11.8 Å². The van der Waals surface area contributed by atoms with Crippen LogP contribution in [0.1, 0.15) is 11.3 Å². The van der Waals surface area contributed by atoms with Gasteiger partial charge in [0.05, 0.1) is 24.1 Å². The Hall–Kier alpha value is -1.48. The smallest absolute Gasteiger partial charge is 0.169 e. The van der Waals surface area contributed by atoms with Crippen LogP contribution in [0.15, 0.2) is 35.6 Å². The highest BCUT2D eigenvalue weighted by molar-refractivity contribution is 7.99.